The predicted molar refractivity (Wildman–Crippen MR) is 148 cm³/mol. The van der Waals surface area contributed by atoms with Gasteiger partial charge >= 0.3 is 17.9 Å². The van der Waals surface area contributed by atoms with Crippen molar-refractivity contribution >= 4 is 17.9 Å². The Kier molecular flexibility index (Phi) is 5.69. The van der Waals surface area contributed by atoms with Crippen LogP contribution >= 0.6 is 0 Å². The molecule has 2 spiro atoms. The molecule has 4 saturated carbocycles. The third-order valence-corrected chi connectivity index (χ3v) is 13.7. The number of aliphatic hydroxyl groups excluding tert-OH is 2. The number of carbonyl (C=O) groups is 3. The largest absolute Gasteiger partial charge is 0.472 e. The van der Waals surface area contributed by atoms with E-state index in [4.69, 9.17) is 28.1 Å². The summed E-state index contributed by atoms with van der Waals surface area (Å²) in [6.45, 7) is 6.79. The van der Waals surface area contributed by atoms with Crippen LogP contribution in [0.4, 0.5) is 0 Å². The molecule has 252 valence electrons. The van der Waals surface area contributed by atoms with E-state index < -0.39 is 111 Å². The van der Waals surface area contributed by atoms with Gasteiger partial charge in [0.15, 0.2) is 11.4 Å². The molecule has 8 rings (SSSR count). The van der Waals surface area contributed by atoms with Crippen LogP contribution < -0.4 is 0 Å². The summed E-state index contributed by atoms with van der Waals surface area (Å²) in [6, 6.07) is 1.56. The molecule has 0 unspecified atom stereocenters. The van der Waals surface area contributed by atoms with Gasteiger partial charge in [-0.25, -0.2) is 0 Å². The fourth-order valence-corrected chi connectivity index (χ4v) is 12.2. The molecule has 14 nitrogen and oxygen atoms in total. The molecular weight excluding hydrogens is 608 g/mol. The second-order valence-corrected chi connectivity index (χ2v) is 15.2. The van der Waals surface area contributed by atoms with Crippen molar-refractivity contribution in [3.8, 4) is 0 Å². The van der Waals surface area contributed by atoms with Crippen LogP contribution in [0.5, 0.6) is 0 Å². The minimum Gasteiger partial charge on any atom is -0.472 e. The summed E-state index contributed by atoms with van der Waals surface area (Å²) in [6.07, 6.45) is -5.94. The van der Waals surface area contributed by atoms with Gasteiger partial charge in [-0.1, -0.05) is 20.8 Å². The first-order valence-electron chi connectivity index (χ1n) is 15.8. The average Bonchev–Trinajstić information content (AvgIpc) is 3.79. The molecule has 1 aromatic rings. The van der Waals surface area contributed by atoms with Gasteiger partial charge in [0.1, 0.15) is 47.8 Å². The molecule has 7 aliphatic rings. The lowest BCUT2D eigenvalue weighted by Gasteiger charge is -2.77. The summed E-state index contributed by atoms with van der Waals surface area (Å²) < 4.78 is 36.1. The van der Waals surface area contributed by atoms with Gasteiger partial charge in [-0.05, 0) is 24.8 Å². The van der Waals surface area contributed by atoms with E-state index >= 15 is 0 Å². The van der Waals surface area contributed by atoms with E-state index in [0.717, 1.165) is 0 Å². The van der Waals surface area contributed by atoms with Gasteiger partial charge in [0.05, 0.1) is 24.0 Å². The Bertz CT molecular complexity index is 1550. The van der Waals surface area contributed by atoms with E-state index in [2.05, 4.69) is 0 Å². The first kappa shape index (κ1) is 30.7. The minimum atomic E-state index is -2.62. The first-order chi connectivity index (χ1) is 21.4. The van der Waals surface area contributed by atoms with Gasteiger partial charge in [-0.3, -0.25) is 14.4 Å². The van der Waals surface area contributed by atoms with E-state index in [1.54, 1.807) is 26.8 Å². The maximum Gasteiger partial charge on any atom is 0.306 e. The van der Waals surface area contributed by atoms with Gasteiger partial charge in [-0.15, -0.1) is 0 Å². The zero-order valence-corrected chi connectivity index (χ0v) is 26.2. The smallest absolute Gasteiger partial charge is 0.306 e. The second-order valence-electron chi connectivity index (χ2n) is 15.2. The van der Waals surface area contributed by atoms with Crippen LogP contribution in [-0.4, -0.2) is 103 Å². The molecular formula is C32H40O14. The van der Waals surface area contributed by atoms with E-state index in [1.165, 1.54) is 26.4 Å². The second kappa shape index (κ2) is 8.52. The van der Waals surface area contributed by atoms with Gasteiger partial charge in [-0.2, -0.15) is 0 Å². The molecule has 3 aliphatic heterocycles. The first-order valence-corrected chi connectivity index (χ1v) is 15.8. The van der Waals surface area contributed by atoms with Crippen molar-refractivity contribution in [2.24, 2.45) is 28.1 Å². The van der Waals surface area contributed by atoms with Crippen LogP contribution in [-0.2, 0) is 38.1 Å². The highest BCUT2D eigenvalue weighted by molar-refractivity contribution is 5.73. The highest BCUT2D eigenvalue weighted by Crippen LogP contribution is 2.87. The van der Waals surface area contributed by atoms with Crippen LogP contribution in [0.3, 0.4) is 0 Å². The van der Waals surface area contributed by atoms with E-state index in [1.807, 2.05) is 0 Å². The lowest BCUT2D eigenvalue weighted by atomic mass is 9.32. The fraction of sp³-hybridized carbons (Fsp3) is 0.781. The number of aliphatic hydroxyl groups is 5. The number of rotatable bonds is 5. The lowest BCUT2D eigenvalue weighted by Crippen LogP contribution is -2.97. The van der Waals surface area contributed by atoms with E-state index in [0.29, 0.717) is 5.56 Å². The number of hydrogen-bond acceptors (Lipinski definition) is 14. The molecule has 0 amide bonds. The Morgan fingerprint density at radius 1 is 1.09 bits per heavy atom. The summed E-state index contributed by atoms with van der Waals surface area (Å²) in [5.74, 6) is -5.64. The molecule has 1 aromatic heterocycles. The fourth-order valence-electron chi connectivity index (χ4n) is 12.2. The monoisotopic (exact) mass is 648 g/mol. The molecule has 0 aromatic carbocycles. The van der Waals surface area contributed by atoms with Crippen molar-refractivity contribution in [3.05, 3.63) is 24.2 Å². The van der Waals surface area contributed by atoms with Crippen molar-refractivity contribution in [3.63, 3.8) is 0 Å². The molecule has 4 heterocycles. The quantitative estimate of drug-likeness (QED) is 0.211. The van der Waals surface area contributed by atoms with Gasteiger partial charge in [0.25, 0.3) is 0 Å². The normalized spacial score (nSPS) is 56.2. The number of hydrogen-bond donors (Lipinski definition) is 5. The summed E-state index contributed by atoms with van der Waals surface area (Å²) >= 11 is 0. The van der Waals surface area contributed by atoms with Gasteiger partial charge in [0.2, 0.25) is 0 Å². The van der Waals surface area contributed by atoms with Crippen LogP contribution in [0.25, 0.3) is 0 Å². The van der Waals surface area contributed by atoms with Crippen molar-refractivity contribution in [2.45, 2.75) is 119 Å². The highest BCUT2D eigenvalue weighted by atomic mass is 16.8. The van der Waals surface area contributed by atoms with E-state index in [-0.39, 0.29) is 25.7 Å². The zero-order valence-electron chi connectivity index (χ0n) is 26.2. The summed E-state index contributed by atoms with van der Waals surface area (Å²) in [5, 5.41) is 64.6. The van der Waals surface area contributed by atoms with Crippen molar-refractivity contribution in [1.29, 1.82) is 0 Å². The molecule has 4 aliphatic carbocycles. The Morgan fingerprint density at radius 3 is 2.41 bits per heavy atom. The molecule has 14 heteroatoms. The van der Waals surface area contributed by atoms with Crippen LogP contribution in [0.1, 0.15) is 72.0 Å². The summed E-state index contributed by atoms with van der Waals surface area (Å²) in [7, 11) is 0. The molecule has 4 bridgehead atoms. The van der Waals surface area contributed by atoms with Gasteiger partial charge < -0.3 is 53.6 Å². The Hall–Kier alpha value is -2.59. The standard InChI is InChI=1S/C32H40O14/c1-6-27-10-18-26(5,22(43-14(2)33)16-7-8-41-11-16)20(36)21(37)32(40)28-13-42-19(35)9-17(28)25(4)12-29(28,38)30(39,23(25)44-15(3)34)24(45-27)31(18,32)46-27/h7-8,11,17-18,20-24,36-40H,6,9-10,12-13H2,1-5H3/t17-,18+,20-,21+,22-,23-,24+,25+,26-,27-,28+,29+,30-,31+,32-/m0/s1. The lowest BCUT2D eigenvalue weighted by molar-refractivity contribution is -0.450. The number of furan rings is 1. The Balaban J connectivity index is 1.46. The van der Waals surface area contributed by atoms with Crippen LogP contribution in [0, 0.1) is 28.1 Å². The average molecular weight is 649 g/mol. The molecule has 0 radical (unpaired) electrons. The maximum absolute atomic E-state index is 13.6. The van der Waals surface area contributed by atoms with Crippen LogP contribution in [0.15, 0.2) is 23.0 Å². The summed E-state index contributed by atoms with van der Waals surface area (Å²) in [5.41, 5.74) is -14.2. The highest BCUT2D eigenvalue weighted by Gasteiger charge is 3.03. The topological polar surface area (TPSA) is 212 Å². The number of cyclic esters (lactones) is 1. The molecule has 7 fully saturated rings. The minimum absolute atomic E-state index is 0.0166. The van der Waals surface area contributed by atoms with E-state index in [9.17, 15) is 39.9 Å². The van der Waals surface area contributed by atoms with Crippen molar-refractivity contribution in [1.82, 2.24) is 0 Å². The predicted octanol–water partition coefficient (Wildman–Crippen LogP) is 0.0176. The van der Waals surface area contributed by atoms with Crippen molar-refractivity contribution < 1.29 is 68.0 Å². The zero-order chi connectivity index (χ0) is 33.3. The van der Waals surface area contributed by atoms with Gasteiger partial charge in [0, 0.05) is 49.0 Å². The Morgan fingerprint density at radius 2 is 1.80 bits per heavy atom. The number of carbonyl (C=O) groups excluding carboxylic acids is 3. The molecule has 15 atom stereocenters. The SMILES string of the molecule is CC[C@@]12C[C@@H]3[C@](C)([C@@H](OC(C)=O)c4ccoc4)[C@@H](O)[C@@H](O)[C@@]4(O)[C@]3(O1)[C@H](O2)[C@@]1(O)[C@@H](OC(C)=O)[C@]2(C)C[C@@]1(O)[C@]41COC(=O)C[C@@H]21. The maximum atomic E-state index is 13.6. The third-order valence-electron chi connectivity index (χ3n) is 13.7. The third kappa shape index (κ3) is 2.73. The van der Waals surface area contributed by atoms with Crippen molar-refractivity contribution in [2.75, 3.05) is 6.61 Å². The Labute approximate surface area is 263 Å². The molecule has 46 heavy (non-hydrogen) atoms. The number of ether oxygens (including phenoxy) is 5. The number of fused-ring (bicyclic) bond motifs is 4. The summed E-state index contributed by atoms with van der Waals surface area (Å²) in [4.78, 5) is 38.2. The molecule has 5 N–H and O–H groups in total. The number of esters is 3. The van der Waals surface area contributed by atoms with Crippen LogP contribution in [0.2, 0.25) is 0 Å². The molecule has 3 saturated heterocycles.